The lowest BCUT2D eigenvalue weighted by molar-refractivity contribution is -0.138. The number of rotatable bonds is 3. The van der Waals surface area contributed by atoms with E-state index < -0.39 is 10.0 Å². The number of piperidine rings is 1. The minimum atomic E-state index is -3.62. The number of nitrogens with zero attached hydrogens (tertiary/aromatic N) is 4. The molecule has 182 valence electrons. The van der Waals surface area contributed by atoms with Gasteiger partial charge in [0.15, 0.2) is 0 Å². The van der Waals surface area contributed by atoms with Crippen LogP contribution in [0.2, 0.25) is 0 Å². The van der Waals surface area contributed by atoms with Crippen molar-refractivity contribution >= 4 is 32.7 Å². The van der Waals surface area contributed by atoms with Crippen LogP contribution in [0.15, 0.2) is 47.4 Å². The van der Waals surface area contributed by atoms with Crippen molar-refractivity contribution in [1.82, 2.24) is 19.0 Å². The lowest BCUT2D eigenvalue weighted by atomic mass is 9.96. The van der Waals surface area contributed by atoms with Crippen molar-refractivity contribution in [3.8, 4) is 0 Å². The van der Waals surface area contributed by atoms with Crippen LogP contribution in [-0.2, 0) is 14.8 Å². The molecule has 0 aromatic heterocycles. The van der Waals surface area contributed by atoms with E-state index in [1.165, 1.54) is 4.31 Å². The smallest absolute Gasteiger partial charge is 0.320 e. The van der Waals surface area contributed by atoms with Crippen LogP contribution < -0.4 is 0 Å². The van der Waals surface area contributed by atoms with Crippen LogP contribution in [0.5, 0.6) is 0 Å². The summed E-state index contributed by atoms with van der Waals surface area (Å²) in [6.45, 7) is 4.10. The van der Waals surface area contributed by atoms with Crippen LogP contribution in [0, 0.1) is 5.92 Å². The van der Waals surface area contributed by atoms with Crippen molar-refractivity contribution in [3.63, 3.8) is 0 Å². The number of hydrogen-bond acceptors (Lipinski definition) is 4. The number of benzene rings is 2. The minimum absolute atomic E-state index is 0.0432. The van der Waals surface area contributed by atoms with Gasteiger partial charge in [0.2, 0.25) is 15.9 Å². The molecule has 8 nitrogen and oxygen atoms in total. The fraction of sp³-hybridized carbons (Fsp3) is 0.520. The van der Waals surface area contributed by atoms with Crippen LogP contribution in [0.3, 0.4) is 0 Å². The molecule has 0 unspecified atom stereocenters. The van der Waals surface area contributed by atoms with Gasteiger partial charge in [0.05, 0.1) is 10.8 Å². The Kier molecular flexibility index (Phi) is 6.48. The third-order valence-electron chi connectivity index (χ3n) is 7.33. The zero-order valence-electron chi connectivity index (χ0n) is 19.4. The Balaban J connectivity index is 1.20. The van der Waals surface area contributed by atoms with Gasteiger partial charge in [-0.1, -0.05) is 30.3 Å². The van der Waals surface area contributed by atoms with Crippen LogP contribution in [0.1, 0.15) is 25.7 Å². The zero-order chi connectivity index (χ0) is 23.7. The Morgan fingerprint density at radius 1 is 0.735 bits per heavy atom. The number of piperazine rings is 1. The number of hydrogen-bond donors (Lipinski definition) is 0. The van der Waals surface area contributed by atoms with E-state index >= 15 is 0 Å². The summed E-state index contributed by atoms with van der Waals surface area (Å²) in [5.41, 5.74) is 0. The van der Waals surface area contributed by atoms with E-state index in [-0.39, 0.29) is 35.8 Å². The monoisotopic (exact) mass is 484 g/mol. The molecule has 0 radical (unpaired) electrons. The minimum Gasteiger partial charge on any atom is -0.340 e. The SMILES string of the molecule is O=C([C@H]1CCCN(C(=O)N2CCCC2)C1)N1CCN(S(=O)(=O)c2ccc3ccccc3c2)CC1. The molecule has 0 aliphatic carbocycles. The molecule has 3 aliphatic rings. The van der Waals surface area contributed by atoms with E-state index in [9.17, 15) is 18.0 Å². The number of likely N-dealkylation sites (tertiary alicyclic amines) is 2. The molecule has 34 heavy (non-hydrogen) atoms. The van der Waals surface area contributed by atoms with Gasteiger partial charge in [0, 0.05) is 52.4 Å². The highest BCUT2D eigenvalue weighted by Gasteiger charge is 2.36. The molecule has 0 spiro atoms. The van der Waals surface area contributed by atoms with Gasteiger partial charge in [-0.2, -0.15) is 4.31 Å². The van der Waals surface area contributed by atoms with Crippen molar-refractivity contribution in [2.75, 3.05) is 52.4 Å². The second kappa shape index (κ2) is 9.54. The normalized spacial score (nSPS) is 22.4. The maximum absolute atomic E-state index is 13.2. The third kappa shape index (κ3) is 4.51. The summed E-state index contributed by atoms with van der Waals surface area (Å²) < 4.78 is 27.9. The standard InChI is InChI=1S/C25H32N4O4S/c30-24(22-8-5-13-28(19-22)25(31)27-11-3-4-12-27)26-14-16-29(17-15-26)34(32,33)23-10-9-20-6-1-2-7-21(20)18-23/h1-2,6-7,9-10,18,22H,3-5,8,11-17,19H2/t22-/m0/s1. The van der Waals surface area contributed by atoms with Gasteiger partial charge in [0.1, 0.15) is 0 Å². The molecular formula is C25H32N4O4S. The second-order valence-electron chi connectivity index (χ2n) is 9.50. The van der Waals surface area contributed by atoms with Gasteiger partial charge in [0.25, 0.3) is 0 Å². The molecule has 3 saturated heterocycles. The van der Waals surface area contributed by atoms with E-state index in [1.807, 2.05) is 40.1 Å². The van der Waals surface area contributed by atoms with E-state index in [0.29, 0.717) is 26.2 Å². The fourth-order valence-corrected chi connectivity index (χ4v) is 6.80. The Morgan fingerprint density at radius 2 is 1.41 bits per heavy atom. The zero-order valence-corrected chi connectivity index (χ0v) is 20.3. The van der Waals surface area contributed by atoms with Crippen molar-refractivity contribution < 1.29 is 18.0 Å². The average molecular weight is 485 g/mol. The molecule has 1 atom stereocenters. The summed E-state index contributed by atoms with van der Waals surface area (Å²) in [6, 6.07) is 13.0. The molecule has 3 fully saturated rings. The van der Waals surface area contributed by atoms with Crippen molar-refractivity contribution in [2.24, 2.45) is 5.92 Å². The number of urea groups is 1. The first kappa shape index (κ1) is 23.1. The highest BCUT2D eigenvalue weighted by molar-refractivity contribution is 7.89. The van der Waals surface area contributed by atoms with Crippen LogP contribution in [-0.4, -0.2) is 91.7 Å². The molecular weight excluding hydrogens is 452 g/mol. The van der Waals surface area contributed by atoms with Crippen molar-refractivity contribution in [1.29, 1.82) is 0 Å². The molecule has 0 N–H and O–H groups in total. The predicted molar refractivity (Wildman–Crippen MR) is 130 cm³/mol. The Labute approximate surface area is 201 Å². The third-order valence-corrected chi connectivity index (χ3v) is 9.22. The van der Waals surface area contributed by atoms with Crippen molar-refractivity contribution in [2.45, 2.75) is 30.6 Å². The summed E-state index contributed by atoms with van der Waals surface area (Å²) >= 11 is 0. The summed E-state index contributed by atoms with van der Waals surface area (Å²) in [4.78, 5) is 31.8. The number of fused-ring (bicyclic) bond motifs is 1. The Hall–Kier alpha value is -2.65. The summed E-state index contributed by atoms with van der Waals surface area (Å²) in [6.07, 6.45) is 3.70. The van der Waals surface area contributed by atoms with Gasteiger partial charge in [-0.3, -0.25) is 4.79 Å². The topological polar surface area (TPSA) is 81.2 Å². The highest BCUT2D eigenvalue weighted by Crippen LogP contribution is 2.25. The predicted octanol–water partition coefficient (Wildman–Crippen LogP) is 2.60. The molecule has 2 aromatic rings. The van der Waals surface area contributed by atoms with Crippen LogP contribution in [0.25, 0.3) is 10.8 Å². The van der Waals surface area contributed by atoms with Gasteiger partial charge in [-0.25, -0.2) is 13.2 Å². The Morgan fingerprint density at radius 3 is 2.15 bits per heavy atom. The lowest BCUT2D eigenvalue weighted by Crippen LogP contribution is -2.54. The first-order chi connectivity index (χ1) is 16.4. The molecule has 0 saturated carbocycles. The quantitative estimate of drug-likeness (QED) is 0.671. The van der Waals surface area contributed by atoms with Gasteiger partial charge in [-0.05, 0) is 48.6 Å². The van der Waals surface area contributed by atoms with E-state index in [0.717, 1.165) is 49.5 Å². The Bertz CT molecular complexity index is 1170. The number of sulfonamides is 1. The molecule has 0 bridgehead atoms. The maximum Gasteiger partial charge on any atom is 0.320 e. The number of carbonyl (C=O) groups excluding carboxylic acids is 2. The summed E-state index contributed by atoms with van der Waals surface area (Å²) in [5.74, 6) is -0.161. The van der Waals surface area contributed by atoms with Crippen LogP contribution >= 0.6 is 0 Å². The average Bonchev–Trinajstić information content (AvgIpc) is 3.43. The number of carbonyl (C=O) groups is 2. The van der Waals surface area contributed by atoms with Crippen molar-refractivity contribution in [3.05, 3.63) is 42.5 Å². The largest absolute Gasteiger partial charge is 0.340 e. The van der Waals surface area contributed by atoms with Gasteiger partial charge in [-0.15, -0.1) is 0 Å². The second-order valence-corrected chi connectivity index (χ2v) is 11.4. The van der Waals surface area contributed by atoms with E-state index in [2.05, 4.69) is 0 Å². The summed E-state index contributed by atoms with van der Waals surface area (Å²) in [7, 11) is -3.62. The molecule has 3 heterocycles. The molecule has 3 aliphatic heterocycles. The van der Waals surface area contributed by atoms with E-state index in [4.69, 9.17) is 0 Å². The number of amides is 3. The molecule has 9 heteroatoms. The lowest BCUT2D eigenvalue weighted by Gasteiger charge is -2.39. The fourth-order valence-electron chi connectivity index (χ4n) is 5.34. The van der Waals surface area contributed by atoms with E-state index in [1.54, 1.807) is 17.0 Å². The summed E-state index contributed by atoms with van der Waals surface area (Å²) in [5, 5.41) is 1.89. The highest BCUT2D eigenvalue weighted by atomic mass is 32.2. The van der Waals surface area contributed by atoms with Gasteiger partial charge >= 0.3 is 6.03 Å². The maximum atomic E-state index is 13.2. The molecule has 5 rings (SSSR count). The van der Waals surface area contributed by atoms with Gasteiger partial charge < -0.3 is 14.7 Å². The molecule has 2 aromatic carbocycles. The molecule has 3 amide bonds. The first-order valence-electron chi connectivity index (χ1n) is 12.2. The van der Waals surface area contributed by atoms with Crippen LogP contribution in [0.4, 0.5) is 4.79 Å². The first-order valence-corrected chi connectivity index (χ1v) is 13.7.